The van der Waals surface area contributed by atoms with Crippen LogP contribution in [0, 0.1) is 5.41 Å². The summed E-state index contributed by atoms with van der Waals surface area (Å²) < 4.78 is 11.4. The maximum Gasteiger partial charge on any atom is 0.282 e. The molecule has 8 heteroatoms. The smallest absolute Gasteiger partial charge is 0.282 e. The molecule has 2 aliphatic rings. The summed E-state index contributed by atoms with van der Waals surface area (Å²) in [7, 11) is 0. The number of aliphatic imine (C=N–C) groups is 1. The first-order valence-electron chi connectivity index (χ1n) is 9.71. The average molecular weight is 438 g/mol. The second-order valence-corrected chi connectivity index (χ2v) is 7.28. The molecule has 31 heavy (non-hydrogen) atoms. The van der Waals surface area contributed by atoms with E-state index in [0.717, 1.165) is 5.75 Å². The maximum absolute atomic E-state index is 12.3. The Balaban J connectivity index is 1.35. The standard InChI is InChI=1S/C23H20ClN3O4/c1-15-12-21-26-23(28)18(22(25)27(21)31-15)13-16-8-9-20(19(24)14-16)30-11-5-10-29-17-6-3-2-4-7-17/h2-4,6-9,12-14,25H,5,10-11H2,1H3/b18-13-,25-22?. The van der Waals surface area contributed by atoms with Crippen molar-refractivity contribution in [1.29, 1.82) is 5.41 Å². The van der Waals surface area contributed by atoms with Crippen LogP contribution < -0.4 is 9.47 Å². The summed E-state index contributed by atoms with van der Waals surface area (Å²) in [6.07, 6.45) is 3.87. The van der Waals surface area contributed by atoms with Crippen molar-refractivity contribution in [2.45, 2.75) is 13.3 Å². The van der Waals surface area contributed by atoms with Gasteiger partial charge < -0.3 is 14.3 Å². The molecule has 0 radical (unpaired) electrons. The number of amidine groups is 2. The van der Waals surface area contributed by atoms with Gasteiger partial charge in [-0.15, -0.1) is 5.06 Å². The van der Waals surface area contributed by atoms with Crippen LogP contribution in [0.1, 0.15) is 18.9 Å². The van der Waals surface area contributed by atoms with Gasteiger partial charge in [-0.25, -0.2) is 0 Å². The maximum atomic E-state index is 12.3. The first kappa shape index (κ1) is 20.7. The molecular formula is C23H20ClN3O4. The number of hydrogen-bond donors (Lipinski definition) is 1. The van der Waals surface area contributed by atoms with Crippen molar-refractivity contribution in [3.63, 3.8) is 0 Å². The summed E-state index contributed by atoms with van der Waals surface area (Å²) >= 11 is 6.34. The van der Waals surface area contributed by atoms with Gasteiger partial charge in [-0.3, -0.25) is 10.2 Å². The molecule has 158 valence electrons. The molecule has 2 aromatic rings. The summed E-state index contributed by atoms with van der Waals surface area (Å²) in [5, 5.41) is 9.89. The third-order valence-electron chi connectivity index (χ3n) is 4.51. The van der Waals surface area contributed by atoms with E-state index in [4.69, 9.17) is 31.3 Å². The normalized spacial score (nSPS) is 16.6. The van der Waals surface area contributed by atoms with Crippen LogP contribution in [0.3, 0.4) is 0 Å². The highest BCUT2D eigenvalue weighted by atomic mass is 35.5. The number of nitrogens with zero attached hydrogens (tertiary/aromatic N) is 2. The Kier molecular flexibility index (Phi) is 6.04. The van der Waals surface area contributed by atoms with Gasteiger partial charge in [0.05, 0.1) is 23.8 Å². The lowest BCUT2D eigenvalue weighted by molar-refractivity contribution is -0.114. The SMILES string of the molecule is CC1=CC2=NC(=O)/C(=C\c3ccc(OCCCOc4ccccc4)c(Cl)c3)C(=N)N2O1. The van der Waals surface area contributed by atoms with Gasteiger partial charge in [0.25, 0.3) is 5.91 Å². The number of rotatable bonds is 7. The van der Waals surface area contributed by atoms with Crippen LogP contribution in [0.4, 0.5) is 0 Å². The zero-order chi connectivity index (χ0) is 21.8. The highest BCUT2D eigenvalue weighted by Crippen LogP contribution is 2.28. The highest BCUT2D eigenvalue weighted by molar-refractivity contribution is 6.33. The van der Waals surface area contributed by atoms with Crippen LogP contribution in [0.5, 0.6) is 11.5 Å². The second kappa shape index (κ2) is 9.06. The van der Waals surface area contributed by atoms with E-state index >= 15 is 0 Å². The molecule has 0 bridgehead atoms. The van der Waals surface area contributed by atoms with Crippen LogP contribution in [-0.4, -0.2) is 35.9 Å². The molecule has 0 aliphatic carbocycles. The summed E-state index contributed by atoms with van der Waals surface area (Å²) in [4.78, 5) is 21.7. The van der Waals surface area contributed by atoms with E-state index < -0.39 is 5.91 Å². The Morgan fingerprint density at radius 1 is 1.16 bits per heavy atom. The van der Waals surface area contributed by atoms with E-state index in [9.17, 15) is 4.79 Å². The van der Waals surface area contributed by atoms with Gasteiger partial charge in [0, 0.05) is 12.5 Å². The number of halogens is 1. The minimum atomic E-state index is -0.499. The third kappa shape index (κ3) is 4.78. The minimum Gasteiger partial charge on any atom is -0.493 e. The Labute approximate surface area is 184 Å². The van der Waals surface area contributed by atoms with Gasteiger partial charge in [0.15, 0.2) is 11.7 Å². The van der Waals surface area contributed by atoms with Crippen molar-refractivity contribution in [1.82, 2.24) is 5.06 Å². The van der Waals surface area contributed by atoms with Crippen molar-refractivity contribution >= 4 is 35.3 Å². The Bertz CT molecular complexity index is 1110. The lowest BCUT2D eigenvalue weighted by Crippen LogP contribution is -2.38. The molecule has 2 aromatic carbocycles. The van der Waals surface area contributed by atoms with Crippen LogP contribution in [0.25, 0.3) is 6.08 Å². The lowest BCUT2D eigenvalue weighted by atomic mass is 10.1. The summed E-state index contributed by atoms with van der Waals surface area (Å²) in [5.41, 5.74) is 0.773. The molecule has 0 saturated heterocycles. The largest absolute Gasteiger partial charge is 0.493 e. The number of hydrogen-bond acceptors (Lipinski definition) is 5. The molecule has 2 heterocycles. The number of carbonyl (C=O) groups is 1. The fourth-order valence-electron chi connectivity index (χ4n) is 3.04. The molecule has 1 amide bonds. The minimum absolute atomic E-state index is 0.0713. The number of hydroxylamine groups is 2. The molecule has 0 unspecified atom stereocenters. The fourth-order valence-corrected chi connectivity index (χ4v) is 3.28. The van der Waals surface area contributed by atoms with Crippen LogP contribution >= 0.6 is 11.6 Å². The zero-order valence-electron chi connectivity index (χ0n) is 16.8. The molecule has 0 fully saturated rings. The molecule has 0 spiro atoms. The predicted octanol–water partition coefficient (Wildman–Crippen LogP) is 4.64. The number of benzene rings is 2. The van der Waals surface area contributed by atoms with Crippen LogP contribution in [-0.2, 0) is 9.63 Å². The Morgan fingerprint density at radius 2 is 1.94 bits per heavy atom. The van der Waals surface area contributed by atoms with Crippen LogP contribution in [0.15, 0.2) is 70.9 Å². The van der Waals surface area contributed by atoms with Gasteiger partial charge in [0.1, 0.15) is 17.3 Å². The Hall–Kier alpha value is -3.58. The van der Waals surface area contributed by atoms with Gasteiger partial charge in [-0.05, 0) is 42.8 Å². The number of nitrogens with one attached hydrogen (secondary N) is 1. The number of allylic oxidation sites excluding steroid dienone is 1. The molecule has 7 nitrogen and oxygen atoms in total. The molecule has 0 saturated carbocycles. The van der Waals surface area contributed by atoms with E-state index in [-0.39, 0.29) is 11.4 Å². The van der Waals surface area contributed by atoms with Crippen molar-refractivity contribution in [2.75, 3.05) is 13.2 Å². The number of para-hydroxylation sites is 1. The summed E-state index contributed by atoms with van der Waals surface area (Å²) in [6.45, 7) is 2.71. The summed E-state index contributed by atoms with van der Waals surface area (Å²) in [5.74, 6) is 1.66. The quantitative estimate of drug-likeness (QED) is 0.504. The highest BCUT2D eigenvalue weighted by Gasteiger charge is 2.34. The topological polar surface area (TPSA) is 84.2 Å². The second-order valence-electron chi connectivity index (χ2n) is 6.88. The van der Waals surface area contributed by atoms with E-state index in [1.807, 2.05) is 30.3 Å². The molecule has 0 aromatic heterocycles. The number of amides is 1. The fraction of sp³-hybridized carbons (Fsp3) is 0.174. The van der Waals surface area contributed by atoms with Gasteiger partial charge >= 0.3 is 0 Å². The van der Waals surface area contributed by atoms with E-state index in [1.165, 1.54) is 5.06 Å². The Morgan fingerprint density at radius 3 is 2.71 bits per heavy atom. The lowest BCUT2D eigenvalue weighted by Gasteiger charge is -2.23. The van der Waals surface area contributed by atoms with Crippen molar-refractivity contribution < 1.29 is 19.1 Å². The summed E-state index contributed by atoms with van der Waals surface area (Å²) in [6, 6.07) is 14.8. The van der Waals surface area contributed by atoms with Crippen molar-refractivity contribution in [3.8, 4) is 11.5 Å². The first-order valence-corrected chi connectivity index (χ1v) is 10.1. The van der Waals surface area contributed by atoms with Crippen LogP contribution in [0.2, 0.25) is 5.02 Å². The molecule has 0 atom stereocenters. The van der Waals surface area contributed by atoms with Gasteiger partial charge in [-0.1, -0.05) is 35.9 Å². The number of ether oxygens (including phenoxy) is 2. The van der Waals surface area contributed by atoms with Crippen molar-refractivity contribution in [2.24, 2.45) is 4.99 Å². The van der Waals surface area contributed by atoms with Gasteiger partial charge in [-0.2, -0.15) is 4.99 Å². The average Bonchev–Trinajstić information content (AvgIpc) is 3.13. The number of carbonyl (C=O) groups excluding carboxylic acids is 1. The van der Waals surface area contributed by atoms with Crippen molar-refractivity contribution in [3.05, 3.63) is 76.5 Å². The molecule has 1 N–H and O–H groups in total. The van der Waals surface area contributed by atoms with E-state index in [2.05, 4.69) is 4.99 Å². The van der Waals surface area contributed by atoms with Gasteiger partial charge in [0.2, 0.25) is 0 Å². The molecular weight excluding hydrogens is 418 g/mol. The predicted molar refractivity (Wildman–Crippen MR) is 118 cm³/mol. The molecule has 2 aliphatic heterocycles. The first-order chi connectivity index (χ1) is 15.0. The number of fused-ring (bicyclic) bond motifs is 1. The van der Waals surface area contributed by atoms with E-state index in [1.54, 1.807) is 37.3 Å². The monoisotopic (exact) mass is 437 g/mol. The molecule has 4 rings (SSSR count). The van der Waals surface area contributed by atoms with E-state index in [0.29, 0.717) is 47.6 Å². The zero-order valence-corrected chi connectivity index (χ0v) is 17.6. The third-order valence-corrected chi connectivity index (χ3v) is 4.80.